The van der Waals surface area contributed by atoms with Gasteiger partial charge in [0.2, 0.25) is 5.76 Å². The van der Waals surface area contributed by atoms with Gasteiger partial charge in [-0.25, -0.2) is 4.98 Å². The highest BCUT2D eigenvalue weighted by Crippen LogP contribution is 2.33. The lowest BCUT2D eigenvalue weighted by molar-refractivity contribution is 0.0558. The summed E-state index contributed by atoms with van der Waals surface area (Å²) in [5.41, 5.74) is 0.775. The van der Waals surface area contributed by atoms with Gasteiger partial charge in [-0.1, -0.05) is 34.2 Å². The van der Waals surface area contributed by atoms with Crippen molar-refractivity contribution < 1.29 is 14.1 Å². The van der Waals surface area contributed by atoms with Crippen molar-refractivity contribution in [2.45, 2.75) is 18.9 Å². The number of carbonyl (C=O) groups is 1. The van der Waals surface area contributed by atoms with E-state index in [1.54, 1.807) is 11.0 Å². The molecule has 6 nitrogen and oxygen atoms in total. The third-order valence-electron chi connectivity index (χ3n) is 4.00. The lowest BCUT2D eigenvalue weighted by Gasteiger charge is -2.30. The molecule has 3 heterocycles. The third kappa shape index (κ3) is 2.97. The molecule has 0 unspecified atom stereocenters. The summed E-state index contributed by atoms with van der Waals surface area (Å²) >= 11 is 7.64. The number of nitrogens with zero attached hydrogens (tertiary/aromatic N) is 3. The molecule has 1 saturated heterocycles. The smallest absolute Gasteiger partial charge is 0.292 e. The Labute approximate surface area is 147 Å². The predicted molar refractivity (Wildman–Crippen MR) is 90.7 cm³/mol. The molecule has 0 bridgehead atoms. The van der Waals surface area contributed by atoms with E-state index in [9.17, 15) is 4.79 Å². The van der Waals surface area contributed by atoms with Crippen molar-refractivity contribution in [1.82, 2.24) is 15.0 Å². The van der Waals surface area contributed by atoms with Gasteiger partial charge in [-0.05, 0) is 12.1 Å². The summed E-state index contributed by atoms with van der Waals surface area (Å²) in [5.74, 6) is 0.146. The average Bonchev–Trinajstić information content (AvgIpc) is 3.25. The maximum atomic E-state index is 12.2. The number of likely N-dealkylation sites (tertiary alicyclic amines) is 1. The van der Waals surface area contributed by atoms with Gasteiger partial charge in [0.1, 0.15) is 11.6 Å². The molecule has 24 heavy (non-hydrogen) atoms. The van der Waals surface area contributed by atoms with E-state index in [0.717, 1.165) is 23.1 Å². The minimum Gasteiger partial charge on any atom is -0.467 e. The second-order valence-electron chi connectivity index (χ2n) is 5.55. The minimum atomic E-state index is -0.127. The van der Waals surface area contributed by atoms with Crippen LogP contribution < -0.4 is 4.74 Å². The van der Waals surface area contributed by atoms with Gasteiger partial charge in [0.25, 0.3) is 11.1 Å². The number of fused-ring (bicyclic) bond motifs is 1. The van der Waals surface area contributed by atoms with E-state index >= 15 is 0 Å². The van der Waals surface area contributed by atoms with Gasteiger partial charge < -0.3 is 14.2 Å². The van der Waals surface area contributed by atoms with Gasteiger partial charge in [0.15, 0.2) is 0 Å². The fraction of sp³-hybridized carbons (Fsp3) is 0.312. The van der Waals surface area contributed by atoms with E-state index < -0.39 is 0 Å². The maximum absolute atomic E-state index is 12.2. The first kappa shape index (κ1) is 15.4. The zero-order valence-corrected chi connectivity index (χ0v) is 14.2. The number of para-hydroxylation sites is 1. The molecule has 0 atom stereocenters. The summed E-state index contributed by atoms with van der Waals surface area (Å²) in [5, 5.41) is 4.83. The molecule has 124 valence electrons. The Morgan fingerprint density at radius 2 is 2.17 bits per heavy atom. The summed E-state index contributed by atoms with van der Waals surface area (Å²) in [4.78, 5) is 18.4. The number of benzene rings is 1. The normalized spacial score (nSPS) is 15.8. The van der Waals surface area contributed by atoms with Crippen LogP contribution in [0.3, 0.4) is 0 Å². The van der Waals surface area contributed by atoms with Crippen LogP contribution in [0.4, 0.5) is 0 Å². The number of ether oxygens (including phenoxy) is 1. The molecule has 1 aromatic carbocycles. The Hall–Kier alpha value is -2.12. The van der Waals surface area contributed by atoms with E-state index in [0.29, 0.717) is 23.3 Å². The van der Waals surface area contributed by atoms with Crippen LogP contribution in [-0.2, 0) is 0 Å². The maximum Gasteiger partial charge on any atom is 0.292 e. The minimum absolute atomic E-state index is 0.0445. The van der Waals surface area contributed by atoms with E-state index in [-0.39, 0.29) is 17.8 Å². The van der Waals surface area contributed by atoms with Gasteiger partial charge in [0.05, 0.1) is 15.9 Å². The number of halogens is 1. The van der Waals surface area contributed by atoms with Crippen LogP contribution in [0.25, 0.3) is 10.2 Å². The van der Waals surface area contributed by atoms with Gasteiger partial charge in [0, 0.05) is 32.0 Å². The molecular weight excluding hydrogens is 350 g/mol. The Balaban J connectivity index is 1.39. The Kier molecular flexibility index (Phi) is 4.12. The molecule has 0 radical (unpaired) electrons. The number of piperidine rings is 1. The van der Waals surface area contributed by atoms with Crippen LogP contribution in [0.15, 0.2) is 35.0 Å². The molecule has 1 fully saturated rings. The fourth-order valence-corrected chi connectivity index (χ4v) is 3.93. The SMILES string of the molecule is O=C(c1ccno1)N1CCC(Oc2nc3c(Cl)cccc3s2)CC1. The Morgan fingerprint density at radius 1 is 1.33 bits per heavy atom. The van der Waals surface area contributed by atoms with Crippen LogP contribution in [0.2, 0.25) is 5.02 Å². The first-order chi connectivity index (χ1) is 11.7. The molecule has 3 aromatic rings. The third-order valence-corrected chi connectivity index (χ3v) is 5.21. The number of thiazole rings is 1. The zero-order valence-electron chi connectivity index (χ0n) is 12.6. The standard InChI is InChI=1S/C16H14ClN3O3S/c17-11-2-1-3-13-14(11)19-16(24-13)22-10-5-8-20(9-6-10)15(21)12-4-7-18-23-12/h1-4,7,10H,5-6,8-9H2. The van der Waals surface area contributed by atoms with Crippen molar-refractivity contribution in [3.05, 3.63) is 41.2 Å². The largest absolute Gasteiger partial charge is 0.467 e. The number of amides is 1. The number of hydrogen-bond acceptors (Lipinski definition) is 6. The zero-order chi connectivity index (χ0) is 16.5. The van der Waals surface area contributed by atoms with Crippen molar-refractivity contribution in [2.24, 2.45) is 0 Å². The number of aromatic nitrogens is 2. The molecular formula is C16H14ClN3O3S. The van der Waals surface area contributed by atoms with Crippen molar-refractivity contribution in [1.29, 1.82) is 0 Å². The van der Waals surface area contributed by atoms with Crippen molar-refractivity contribution >= 4 is 39.1 Å². The van der Waals surface area contributed by atoms with Crippen LogP contribution in [-0.4, -0.2) is 40.1 Å². The second-order valence-corrected chi connectivity index (χ2v) is 6.95. The van der Waals surface area contributed by atoms with E-state index in [1.807, 2.05) is 18.2 Å². The number of rotatable bonds is 3. The van der Waals surface area contributed by atoms with Crippen LogP contribution >= 0.6 is 22.9 Å². The van der Waals surface area contributed by atoms with Crippen molar-refractivity contribution in [3.63, 3.8) is 0 Å². The quantitative estimate of drug-likeness (QED) is 0.710. The topological polar surface area (TPSA) is 68.5 Å². The lowest BCUT2D eigenvalue weighted by Crippen LogP contribution is -2.41. The van der Waals surface area contributed by atoms with E-state index in [1.165, 1.54) is 17.5 Å². The summed E-state index contributed by atoms with van der Waals surface area (Å²) in [6, 6.07) is 7.28. The molecule has 0 N–H and O–H groups in total. The van der Waals surface area contributed by atoms with Crippen molar-refractivity contribution in [3.8, 4) is 5.19 Å². The highest BCUT2D eigenvalue weighted by Gasteiger charge is 2.27. The van der Waals surface area contributed by atoms with Gasteiger partial charge in [-0.15, -0.1) is 0 Å². The molecule has 0 saturated carbocycles. The molecule has 8 heteroatoms. The first-order valence-corrected chi connectivity index (χ1v) is 8.82. The highest BCUT2D eigenvalue weighted by atomic mass is 35.5. The molecule has 0 spiro atoms. The van der Waals surface area contributed by atoms with E-state index in [2.05, 4.69) is 10.1 Å². The first-order valence-electron chi connectivity index (χ1n) is 7.62. The van der Waals surface area contributed by atoms with Crippen LogP contribution in [0.1, 0.15) is 23.4 Å². The summed E-state index contributed by atoms with van der Waals surface area (Å²) in [7, 11) is 0. The Morgan fingerprint density at radius 3 is 2.88 bits per heavy atom. The molecule has 1 aliphatic rings. The molecule has 1 aliphatic heterocycles. The van der Waals surface area contributed by atoms with Crippen LogP contribution in [0, 0.1) is 0 Å². The molecule has 2 aromatic heterocycles. The van der Waals surface area contributed by atoms with Crippen molar-refractivity contribution in [2.75, 3.05) is 13.1 Å². The van der Waals surface area contributed by atoms with Gasteiger partial charge in [-0.2, -0.15) is 0 Å². The van der Waals surface area contributed by atoms with Gasteiger partial charge >= 0.3 is 0 Å². The number of carbonyl (C=O) groups excluding carboxylic acids is 1. The fourth-order valence-electron chi connectivity index (χ4n) is 2.75. The molecule has 1 amide bonds. The second kappa shape index (κ2) is 6.41. The molecule has 4 rings (SSSR count). The predicted octanol–water partition coefficient (Wildman–Crippen LogP) is 3.62. The average molecular weight is 364 g/mol. The Bertz CT molecular complexity index is 857. The van der Waals surface area contributed by atoms with Gasteiger partial charge in [-0.3, -0.25) is 4.79 Å². The lowest BCUT2D eigenvalue weighted by atomic mass is 10.1. The molecule has 0 aliphatic carbocycles. The van der Waals surface area contributed by atoms with Crippen LogP contribution in [0.5, 0.6) is 5.19 Å². The summed E-state index contributed by atoms with van der Waals surface area (Å²) < 4.78 is 11.9. The summed E-state index contributed by atoms with van der Waals surface area (Å²) in [6.45, 7) is 1.24. The number of hydrogen-bond donors (Lipinski definition) is 0. The highest BCUT2D eigenvalue weighted by molar-refractivity contribution is 7.20. The summed E-state index contributed by atoms with van der Waals surface area (Å²) in [6.07, 6.45) is 3.03. The van der Waals surface area contributed by atoms with E-state index in [4.69, 9.17) is 20.9 Å². The monoisotopic (exact) mass is 363 g/mol.